The van der Waals surface area contributed by atoms with Crippen LogP contribution in [0.4, 0.5) is 13.2 Å². The molecule has 0 unspecified atom stereocenters. The second kappa shape index (κ2) is 5.70. The number of halogens is 3. The summed E-state index contributed by atoms with van der Waals surface area (Å²) in [7, 11) is 1.68. The van der Waals surface area contributed by atoms with Gasteiger partial charge in [-0.15, -0.1) is 0 Å². The van der Waals surface area contributed by atoms with Gasteiger partial charge in [-0.05, 0) is 19.9 Å². The smallest absolute Gasteiger partial charge is 0.324 e. The van der Waals surface area contributed by atoms with E-state index >= 15 is 0 Å². The molecule has 0 saturated heterocycles. The van der Waals surface area contributed by atoms with Gasteiger partial charge in [0, 0.05) is 18.6 Å². The molecule has 2 N–H and O–H groups in total. The zero-order chi connectivity index (χ0) is 12.1. The third-order valence-electron chi connectivity index (χ3n) is 2.77. The molecule has 0 saturated carbocycles. The molecule has 0 atom stereocenters. The van der Waals surface area contributed by atoms with Crippen LogP contribution in [0, 0.1) is 0 Å². The van der Waals surface area contributed by atoms with E-state index in [0.29, 0.717) is 6.54 Å². The van der Waals surface area contributed by atoms with E-state index in [0.717, 1.165) is 12.8 Å². The van der Waals surface area contributed by atoms with Crippen molar-refractivity contribution in [3.05, 3.63) is 0 Å². The molecule has 15 heavy (non-hydrogen) atoms. The van der Waals surface area contributed by atoms with Crippen LogP contribution in [-0.4, -0.2) is 36.8 Å². The van der Waals surface area contributed by atoms with Crippen LogP contribution < -0.4 is 5.73 Å². The van der Waals surface area contributed by atoms with Crippen molar-refractivity contribution in [1.29, 1.82) is 0 Å². The predicted octanol–water partition coefficient (Wildman–Crippen LogP) is 2.39. The lowest BCUT2D eigenvalue weighted by atomic mass is 9.94. The second-order valence-electron chi connectivity index (χ2n) is 4.17. The maximum atomic E-state index is 12.0. The van der Waals surface area contributed by atoms with Crippen LogP contribution in [0.5, 0.6) is 0 Å². The Bertz CT molecular complexity index is 176. The average Bonchev–Trinajstić information content (AvgIpc) is 2.13. The number of alkyl halides is 3. The van der Waals surface area contributed by atoms with E-state index in [2.05, 4.69) is 0 Å². The highest BCUT2D eigenvalue weighted by Crippen LogP contribution is 2.20. The molecule has 0 aromatic rings. The molecule has 92 valence electrons. The molecule has 2 nitrogen and oxygen atoms in total. The van der Waals surface area contributed by atoms with Crippen molar-refractivity contribution in [1.82, 2.24) is 4.90 Å². The first kappa shape index (κ1) is 14.7. The van der Waals surface area contributed by atoms with Crippen LogP contribution in [0.3, 0.4) is 0 Å². The number of hydrogen-bond acceptors (Lipinski definition) is 2. The molecule has 0 heterocycles. The molecule has 0 aliphatic rings. The maximum Gasteiger partial charge on any atom is 0.390 e. The summed E-state index contributed by atoms with van der Waals surface area (Å²) in [6, 6.07) is 0. The lowest BCUT2D eigenvalue weighted by molar-refractivity contribution is -0.137. The fourth-order valence-electron chi connectivity index (χ4n) is 1.41. The Balaban J connectivity index is 3.97. The molecule has 0 aliphatic carbocycles. The molecule has 0 aromatic carbocycles. The number of nitrogens with two attached hydrogens (primary N) is 1. The van der Waals surface area contributed by atoms with Crippen LogP contribution in [0.1, 0.15) is 33.1 Å². The number of nitrogens with zero attached hydrogens (tertiary/aromatic N) is 1. The van der Waals surface area contributed by atoms with Crippen molar-refractivity contribution >= 4 is 0 Å². The van der Waals surface area contributed by atoms with E-state index in [1.165, 1.54) is 0 Å². The van der Waals surface area contributed by atoms with Gasteiger partial charge in [0.05, 0.1) is 6.42 Å². The van der Waals surface area contributed by atoms with E-state index in [1.807, 2.05) is 13.8 Å². The Morgan fingerprint density at radius 2 is 1.60 bits per heavy atom. The van der Waals surface area contributed by atoms with Crippen LogP contribution in [0.25, 0.3) is 0 Å². The first-order chi connectivity index (χ1) is 6.72. The van der Waals surface area contributed by atoms with Crippen LogP contribution in [0.15, 0.2) is 0 Å². The van der Waals surface area contributed by atoms with E-state index in [4.69, 9.17) is 5.73 Å². The Kier molecular flexibility index (Phi) is 5.59. The molecule has 0 aromatic heterocycles. The molecule has 0 rings (SSSR count). The fourth-order valence-corrected chi connectivity index (χ4v) is 1.41. The van der Waals surface area contributed by atoms with Gasteiger partial charge in [0.2, 0.25) is 0 Å². The predicted molar refractivity (Wildman–Crippen MR) is 55.7 cm³/mol. The van der Waals surface area contributed by atoms with Gasteiger partial charge in [-0.2, -0.15) is 13.2 Å². The standard InChI is InChI=1S/C10H21F3N2/c1-4-9(14,5-2)8-15(3)7-6-10(11,12)13/h4-8,14H2,1-3H3. The van der Waals surface area contributed by atoms with Gasteiger partial charge in [0.1, 0.15) is 0 Å². The topological polar surface area (TPSA) is 29.3 Å². The molecule has 0 spiro atoms. The van der Waals surface area contributed by atoms with Crippen LogP contribution in [0.2, 0.25) is 0 Å². The summed E-state index contributed by atoms with van der Waals surface area (Å²) in [6.45, 7) is 4.45. The quantitative estimate of drug-likeness (QED) is 0.753. The summed E-state index contributed by atoms with van der Waals surface area (Å²) in [5.74, 6) is 0. The highest BCUT2D eigenvalue weighted by atomic mass is 19.4. The van der Waals surface area contributed by atoms with E-state index in [9.17, 15) is 13.2 Å². The third kappa shape index (κ3) is 6.73. The van der Waals surface area contributed by atoms with Crippen molar-refractivity contribution in [2.45, 2.75) is 44.8 Å². The van der Waals surface area contributed by atoms with Crippen LogP contribution >= 0.6 is 0 Å². The average molecular weight is 226 g/mol. The molecule has 0 fully saturated rings. The summed E-state index contributed by atoms with van der Waals surface area (Å²) in [4.78, 5) is 1.65. The zero-order valence-electron chi connectivity index (χ0n) is 9.69. The number of likely N-dealkylation sites (N-methyl/N-ethyl adjacent to an activating group) is 1. The minimum atomic E-state index is -4.08. The van der Waals surface area contributed by atoms with Crippen molar-refractivity contribution in [3.63, 3.8) is 0 Å². The fraction of sp³-hybridized carbons (Fsp3) is 1.00. The third-order valence-corrected chi connectivity index (χ3v) is 2.77. The minimum absolute atomic E-state index is 0.0163. The maximum absolute atomic E-state index is 12.0. The number of rotatable bonds is 6. The van der Waals surface area contributed by atoms with E-state index < -0.39 is 12.6 Å². The number of hydrogen-bond donors (Lipinski definition) is 1. The normalized spacial score (nSPS) is 13.6. The van der Waals surface area contributed by atoms with Gasteiger partial charge in [-0.3, -0.25) is 0 Å². The van der Waals surface area contributed by atoms with Crippen LogP contribution in [-0.2, 0) is 0 Å². The van der Waals surface area contributed by atoms with E-state index in [-0.39, 0.29) is 12.1 Å². The summed E-state index contributed by atoms with van der Waals surface area (Å²) >= 11 is 0. The highest BCUT2D eigenvalue weighted by molar-refractivity contribution is 4.84. The van der Waals surface area contributed by atoms with Crippen molar-refractivity contribution in [2.24, 2.45) is 5.73 Å². The summed E-state index contributed by atoms with van der Waals surface area (Å²) in [5.41, 5.74) is 5.65. The zero-order valence-corrected chi connectivity index (χ0v) is 9.69. The Labute approximate surface area is 89.6 Å². The van der Waals surface area contributed by atoms with Gasteiger partial charge < -0.3 is 10.6 Å². The summed E-state index contributed by atoms with van der Waals surface area (Å²) in [5, 5.41) is 0. The van der Waals surface area contributed by atoms with E-state index in [1.54, 1.807) is 11.9 Å². The summed E-state index contributed by atoms with van der Waals surface area (Å²) < 4.78 is 35.9. The largest absolute Gasteiger partial charge is 0.390 e. The second-order valence-corrected chi connectivity index (χ2v) is 4.17. The molecule has 0 bridgehead atoms. The first-order valence-corrected chi connectivity index (χ1v) is 5.26. The monoisotopic (exact) mass is 226 g/mol. The lowest BCUT2D eigenvalue weighted by Gasteiger charge is -2.32. The van der Waals surface area contributed by atoms with Crippen molar-refractivity contribution in [3.8, 4) is 0 Å². The molecular weight excluding hydrogens is 205 g/mol. The Morgan fingerprint density at radius 3 is 1.93 bits per heavy atom. The van der Waals surface area contributed by atoms with Gasteiger partial charge in [0.15, 0.2) is 0 Å². The molecule has 0 aliphatic heterocycles. The lowest BCUT2D eigenvalue weighted by Crippen LogP contribution is -2.48. The SMILES string of the molecule is CCC(N)(CC)CN(C)CCC(F)(F)F. The van der Waals surface area contributed by atoms with Crippen molar-refractivity contribution < 1.29 is 13.2 Å². The van der Waals surface area contributed by atoms with Gasteiger partial charge >= 0.3 is 6.18 Å². The van der Waals surface area contributed by atoms with Gasteiger partial charge in [-0.1, -0.05) is 13.8 Å². The van der Waals surface area contributed by atoms with Gasteiger partial charge in [-0.25, -0.2) is 0 Å². The first-order valence-electron chi connectivity index (χ1n) is 5.26. The molecule has 0 radical (unpaired) electrons. The van der Waals surface area contributed by atoms with Gasteiger partial charge in [0.25, 0.3) is 0 Å². The molecular formula is C10H21F3N2. The summed E-state index contributed by atoms with van der Waals surface area (Å²) in [6.07, 6.45) is -3.29. The Morgan fingerprint density at radius 1 is 1.13 bits per heavy atom. The Hall–Kier alpha value is -0.290. The van der Waals surface area contributed by atoms with Crippen molar-refractivity contribution in [2.75, 3.05) is 20.1 Å². The minimum Gasteiger partial charge on any atom is -0.324 e. The highest BCUT2D eigenvalue weighted by Gasteiger charge is 2.29. The molecule has 5 heteroatoms. The molecule has 0 amide bonds.